The molecule has 21 heavy (non-hydrogen) atoms. The third-order valence-corrected chi connectivity index (χ3v) is 3.22. The Hall–Kier alpha value is -2.01. The van der Waals surface area contributed by atoms with E-state index in [4.69, 9.17) is 5.73 Å². The molecule has 5 heteroatoms. The second-order valence-corrected chi connectivity index (χ2v) is 4.70. The number of ether oxygens (including phenoxy) is 1. The summed E-state index contributed by atoms with van der Waals surface area (Å²) in [6.07, 6.45) is -4.30. The van der Waals surface area contributed by atoms with Gasteiger partial charge in [0.2, 0.25) is 0 Å². The maximum absolute atomic E-state index is 12.4. The van der Waals surface area contributed by atoms with E-state index in [1.165, 1.54) is 12.1 Å². The van der Waals surface area contributed by atoms with Gasteiger partial charge in [-0.15, -0.1) is 13.2 Å². The van der Waals surface area contributed by atoms with E-state index in [1.807, 2.05) is 30.3 Å². The largest absolute Gasteiger partial charge is 0.573 e. The Morgan fingerprint density at radius 1 is 0.952 bits per heavy atom. The molecular weight excluding hydrogens is 279 g/mol. The monoisotopic (exact) mass is 295 g/mol. The number of hydrogen-bond donors (Lipinski definition) is 1. The van der Waals surface area contributed by atoms with Crippen molar-refractivity contribution in [3.05, 3.63) is 65.7 Å². The van der Waals surface area contributed by atoms with Crippen LogP contribution < -0.4 is 10.5 Å². The molecule has 2 nitrogen and oxygen atoms in total. The molecule has 0 aliphatic rings. The molecule has 0 heterocycles. The van der Waals surface area contributed by atoms with Gasteiger partial charge >= 0.3 is 6.36 Å². The van der Waals surface area contributed by atoms with E-state index in [0.29, 0.717) is 18.5 Å². The van der Waals surface area contributed by atoms with Gasteiger partial charge in [0.1, 0.15) is 5.75 Å². The summed E-state index contributed by atoms with van der Waals surface area (Å²) in [5, 5.41) is 0. The predicted molar refractivity (Wildman–Crippen MR) is 75.1 cm³/mol. The summed E-state index contributed by atoms with van der Waals surface area (Å²) in [5.74, 6) is -0.219. The minimum Gasteiger partial charge on any atom is -0.406 e. The third kappa shape index (κ3) is 4.49. The van der Waals surface area contributed by atoms with Crippen molar-refractivity contribution in [3.63, 3.8) is 0 Å². The molecule has 2 aromatic carbocycles. The van der Waals surface area contributed by atoms with Gasteiger partial charge in [-0.1, -0.05) is 48.5 Å². The van der Waals surface area contributed by atoms with Crippen LogP contribution in [0.5, 0.6) is 5.75 Å². The van der Waals surface area contributed by atoms with Crippen LogP contribution in [0.25, 0.3) is 0 Å². The first kappa shape index (κ1) is 15.4. The Morgan fingerprint density at radius 3 is 2.19 bits per heavy atom. The summed E-state index contributed by atoms with van der Waals surface area (Å²) in [5.41, 5.74) is 7.26. The summed E-state index contributed by atoms with van der Waals surface area (Å²) in [4.78, 5) is 0. The minimum atomic E-state index is -4.69. The van der Waals surface area contributed by atoms with Crippen LogP contribution >= 0.6 is 0 Å². The zero-order valence-corrected chi connectivity index (χ0v) is 11.3. The molecule has 0 aromatic heterocycles. The van der Waals surface area contributed by atoms with Crippen molar-refractivity contribution in [1.29, 1.82) is 0 Å². The molecule has 112 valence electrons. The lowest BCUT2D eigenvalue weighted by Crippen LogP contribution is -2.20. The number of hydrogen-bond acceptors (Lipinski definition) is 2. The molecule has 0 amide bonds. The number of benzene rings is 2. The zero-order valence-electron chi connectivity index (χ0n) is 11.3. The molecule has 2 aromatic rings. The van der Waals surface area contributed by atoms with Crippen LogP contribution in [0.2, 0.25) is 0 Å². The second-order valence-electron chi connectivity index (χ2n) is 4.70. The lowest BCUT2D eigenvalue weighted by molar-refractivity contribution is -0.274. The van der Waals surface area contributed by atoms with Crippen LogP contribution in [0.1, 0.15) is 17.0 Å². The van der Waals surface area contributed by atoms with Gasteiger partial charge in [-0.2, -0.15) is 0 Å². The number of para-hydroxylation sites is 1. The lowest BCUT2D eigenvalue weighted by Gasteiger charge is -2.18. The fourth-order valence-electron chi connectivity index (χ4n) is 2.22. The normalized spacial score (nSPS) is 13.0. The summed E-state index contributed by atoms with van der Waals surface area (Å²) < 4.78 is 41.3. The Morgan fingerprint density at radius 2 is 1.57 bits per heavy atom. The maximum atomic E-state index is 12.4. The van der Waals surface area contributed by atoms with E-state index in [-0.39, 0.29) is 11.7 Å². The Balaban J connectivity index is 2.22. The first-order chi connectivity index (χ1) is 9.99. The van der Waals surface area contributed by atoms with Gasteiger partial charge in [-0.05, 0) is 30.2 Å². The van der Waals surface area contributed by atoms with Crippen LogP contribution in [-0.2, 0) is 6.42 Å². The van der Waals surface area contributed by atoms with Gasteiger partial charge in [0.05, 0.1) is 0 Å². The van der Waals surface area contributed by atoms with Crippen molar-refractivity contribution in [1.82, 2.24) is 0 Å². The molecule has 2 N–H and O–H groups in total. The SMILES string of the molecule is NCC(Cc1ccccc1OC(F)(F)F)c1ccccc1. The van der Waals surface area contributed by atoms with Gasteiger partial charge in [-0.25, -0.2) is 0 Å². The Kier molecular flexibility index (Phi) is 4.85. The quantitative estimate of drug-likeness (QED) is 0.908. The molecule has 1 unspecified atom stereocenters. The maximum Gasteiger partial charge on any atom is 0.573 e. The van der Waals surface area contributed by atoms with Crippen molar-refractivity contribution >= 4 is 0 Å². The molecule has 0 bridgehead atoms. The van der Waals surface area contributed by atoms with Crippen molar-refractivity contribution < 1.29 is 17.9 Å². The molecule has 0 fully saturated rings. The van der Waals surface area contributed by atoms with E-state index >= 15 is 0 Å². The highest BCUT2D eigenvalue weighted by molar-refractivity contribution is 5.35. The van der Waals surface area contributed by atoms with E-state index in [2.05, 4.69) is 4.74 Å². The zero-order chi connectivity index (χ0) is 15.3. The first-order valence-electron chi connectivity index (χ1n) is 6.58. The van der Waals surface area contributed by atoms with Gasteiger partial charge in [-0.3, -0.25) is 0 Å². The second kappa shape index (κ2) is 6.63. The number of alkyl halides is 3. The molecule has 0 aliphatic carbocycles. The summed E-state index contributed by atoms with van der Waals surface area (Å²) in [7, 11) is 0. The minimum absolute atomic E-state index is 0.0517. The molecule has 0 aliphatic heterocycles. The Bertz CT molecular complexity index is 569. The van der Waals surface area contributed by atoms with Gasteiger partial charge < -0.3 is 10.5 Å². The van der Waals surface area contributed by atoms with Crippen LogP contribution in [0.3, 0.4) is 0 Å². The average molecular weight is 295 g/mol. The molecule has 0 spiro atoms. The van der Waals surface area contributed by atoms with Crippen LogP contribution in [0.4, 0.5) is 13.2 Å². The van der Waals surface area contributed by atoms with E-state index in [9.17, 15) is 13.2 Å². The third-order valence-electron chi connectivity index (χ3n) is 3.22. The van der Waals surface area contributed by atoms with Crippen LogP contribution in [-0.4, -0.2) is 12.9 Å². The first-order valence-corrected chi connectivity index (χ1v) is 6.58. The molecule has 0 radical (unpaired) electrons. The van der Waals surface area contributed by atoms with Crippen molar-refractivity contribution in [2.24, 2.45) is 5.73 Å². The molecule has 0 saturated carbocycles. The molecule has 2 rings (SSSR count). The van der Waals surface area contributed by atoms with Crippen LogP contribution in [0, 0.1) is 0 Å². The van der Waals surface area contributed by atoms with Crippen LogP contribution in [0.15, 0.2) is 54.6 Å². The summed E-state index contributed by atoms with van der Waals surface area (Å²) in [6.45, 7) is 0.352. The fraction of sp³-hybridized carbons (Fsp3) is 0.250. The van der Waals surface area contributed by atoms with Gasteiger partial charge in [0.25, 0.3) is 0 Å². The number of nitrogens with two attached hydrogens (primary N) is 1. The fourth-order valence-corrected chi connectivity index (χ4v) is 2.22. The predicted octanol–water partition coefficient (Wildman–Crippen LogP) is 3.87. The van der Waals surface area contributed by atoms with E-state index < -0.39 is 6.36 Å². The van der Waals surface area contributed by atoms with E-state index in [0.717, 1.165) is 5.56 Å². The standard InChI is InChI=1S/C16H16F3NO/c17-16(18,19)21-15-9-5-4-8-13(15)10-14(11-20)12-6-2-1-3-7-12/h1-9,14H,10-11,20H2. The Labute approximate surface area is 121 Å². The van der Waals surface area contributed by atoms with Gasteiger partial charge in [0.15, 0.2) is 0 Å². The highest BCUT2D eigenvalue weighted by Crippen LogP contribution is 2.30. The van der Waals surface area contributed by atoms with Crippen molar-refractivity contribution in [2.45, 2.75) is 18.7 Å². The van der Waals surface area contributed by atoms with Crippen molar-refractivity contribution in [3.8, 4) is 5.75 Å². The number of rotatable bonds is 5. The summed E-state index contributed by atoms with van der Waals surface area (Å²) >= 11 is 0. The highest BCUT2D eigenvalue weighted by Gasteiger charge is 2.32. The average Bonchev–Trinajstić information content (AvgIpc) is 2.45. The van der Waals surface area contributed by atoms with E-state index in [1.54, 1.807) is 12.1 Å². The summed E-state index contributed by atoms with van der Waals surface area (Å²) in [6, 6.07) is 15.7. The topological polar surface area (TPSA) is 35.2 Å². The molecule has 0 saturated heterocycles. The highest BCUT2D eigenvalue weighted by atomic mass is 19.4. The van der Waals surface area contributed by atoms with Gasteiger partial charge in [0, 0.05) is 5.92 Å². The lowest BCUT2D eigenvalue weighted by atomic mass is 9.92. The number of halogens is 3. The molecule has 1 atom stereocenters. The molecular formula is C16H16F3NO. The van der Waals surface area contributed by atoms with Crippen molar-refractivity contribution in [2.75, 3.05) is 6.54 Å². The smallest absolute Gasteiger partial charge is 0.406 e.